The first-order valence-electron chi connectivity index (χ1n) is 5.19. The number of hydrogen-bond acceptors (Lipinski definition) is 3. The van der Waals surface area contributed by atoms with Crippen LogP contribution in [0.15, 0.2) is 12.4 Å². The van der Waals surface area contributed by atoms with Crippen LogP contribution < -0.4 is 5.32 Å². The molecule has 2 aromatic heterocycles. The maximum Gasteiger partial charge on any atom is 0.167 e. The molecular weight excluding hydrogens is 207 g/mol. The van der Waals surface area contributed by atoms with E-state index in [1.165, 1.54) is 6.20 Å². The molecule has 86 valence electrons. The average Bonchev–Trinajstić information content (AvgIpc) is 2.66. The number of aromatic amines is 1. The van der Waals surface area contributed by atoms with Crippen molar-refractivity contribution in [2.24, 2.45) is 0 Å². The van der Waals surface area contributed by atoms with Crippen molar-refractivity contribution in [1.29, 1.82) is 0 Å². The summed E-state index contributed by atoms with van der Waals surface area (Å²) < 4.78 is 13.4. The van der Waals surface area contributed by atoms with Gasteiger partial charge in [0.1, 0.15) is 5.52 Å². The molecule has 0 saturated heterocycles. The fraction of sp³-hybridized carbons (Fsp3) is 0.455. The smallest absolute Gasteiger partial charge is 0.167 e. The second-order valence-electron chi connectivity index (χ2n) is 4.53. The van der Waals surface area contributed by atoms with Gasteiger partial charge in [-0.15, -0.1) is 0 Å². The zero-order chi connectivity index (χ0) is 11.8. The Morgan fingerprint density at radius 3 is 2.88 bits per heavy atom. The maximum absolute atomic E-state index is 13.4. The van der Waals surface area contributed by atoms with E-state index in [4.69, 9.17) is 0 Å². The van der Waals surface area contributed by atoms with Crippen LogP contribution in [0.3, 0.4) is 0 Å². The van der Waals surface area contributed by atoms with E-state index in [1.54, 1.807) is 6.20 Å². The lowest BCUT2D eigenvalue weighted by Crippen LogP contribution is -2.31. The molecule has 2 rings (SSSR count). The van der Waals surface area contributed by atoms with Crippen molar-refractivity contribution in [3.05, 3.63) is 23.9 Å². The molecule has 0 aliphatic carbocycles. The number of H-pyrrole nitrogens is 1. The number of fused-ring (bicyclic) bond motifs is 1. The summed E-state index contributed by atoms with van der Waals surface area (Å²) >= 11 is 0. The van der Waals surface area contributed by atoms with Crippen LogP contribution in [0.1, 0.15) is 19.5 Å². The topological polar surface area (TPSA) is 53.6 Å². The highest BCUT2D eigenvalue weighted by atomic mass is 19.1. The second kappa shape index (κ2) is 3.83. The Hall–Kier alpha value is -1.49. The van der Waals surface area contributed by atoms with E-state index >= 15 is 0 Å². The molecule has 16 heavy (non-hydrogen) atoms. The molecule has 0 aromatic carbocycles. The average molecular weight is 222 g/mol. The van der Waals surface area contributed by atoms with Crippen LogP contribution in [0.25, 0.3) is 10.9 Å². The van der Waals surface area contributed by atoms with E-state index in [0.717, 1.165) is 17.6 Å². The number of pyridine rings is 1. The van der Waals surface area contributed by atoms with E-state index < -0.39 is 0 Å². The van der Waals surface area contributed by atoms with Gasteiger partial charge in [-0.3, -0.25) is 10.1 Å². The van der Waals surface area contributed by atoms with Gasteiger partial charge in [0.05, 0.1) is 18.1 Å². The van der Waals surface area contributed by atoms with E-state index in [9.17, 15) is 4.39 Å². The monoisotopic (exact) mass is 222 g/mol. The van der Waals surface area contributed by atoms with Gasteiger partial charge in [-0.2, -0.15) is 5.10 Å². The normalized spacial score (nSPS) is 12.2. The Bertz CT molecular complexity index is 504. The third-order valence-corrected chi connectivity index (χ3v) is 2.70. The van der Waals surface area contributed by atoms with Gasteiger partial charge in [0.2, 0.25) is 0 Å². The Labute approximate surface area is 93.3 Å². The third kappa shape index (κ3) is 1.67. The minimum Gasteiger partial charge on any atom is -0.319 e. The molecule has 0 bridgehead atoms. The molecule has 0 radical (unpaired) electrons. The van der Waals surface area contributed by atoms with Gasteiger partial charge in [0.25, 0.3) is 0 Å². The first-order valence-corrected chi connectivity index (χ1v) is 5.19. The van der Waals surface area contributed by atoms with Crippen molar-refractivity contribution in [3.63, 3.8) is 0 Å². The molecule has 2 N–H and O–H groups in total. The van der Waals surface area contributed by atoms with E-state index in [1.807, 2.05) is 7.05 Å². The fourth-order valence-corrected chi connectivity index (χ4v) is 1.97. The molecule has 0 aliphatic heterocycles. The van der Waals surface area contributed by atoms with Crippen LogP contribution in [0.4, 0.5) is 4.39 Å². The molecule has 2 heterocycles. The fourth-order valence-electron chi connectivity index (χ4n) is 1.97. The van der Waals surface area contributed by atoms with Crippen LogP contribution in [0.2, 0.25) is 0 Å². The Morgan fingerprint density at radius 1 is 1.44 bits per heavy atom. The van der Waals surface area contributed by atoms with Gasteiger partial charge >= 0.3 is 0 Å². The summed E-state index contributed by atoms with van der Waals surface area (Å²) in [7, 11) is 1.89. The van der Waals surface area contributed by atoms with Gasteiger partial charge in [-0.1, -0.05) is 13.8 Å². The number of aromatic nitrogens is 3. The molecule has 0 amide bonds. The number of likely N-dealkylation sites (N-methyl/N-ethyl adjacent to an activating group) is 1. The van der Waals surface area contributed by atoms with Crippen LogP contribution in [0, 0.1) is 5.82 Å². The molecule has 2 aromatic rings. The first kappa shape index (κ1) is 11.0. The van der Waals surface area contributed by atoms with Crippen LogP contribution in [0.5, 0.6) is 0 Å². The summed E-state index contributed by atoms with van der Waals surface area (Å²) in [4.78, 5) is 4.19. The van der Waals surface area contributed by atoms with Crippen molar-refractivity contribution in [3.8, 4) is 0 Å². The van der Waals surface area contributed by atoms with Gasteiger partial charge in [0, 0.05) is 17.3 Å². The maximum atomic E-state index is 13.4. The quantitative estimate of drug-likeness (QED) is 0.829. The van der Waals surface area contributed by atoms with Gasteiger partial charge < -0.3 is 5.32 Å². The van der Waals surface area contributed by atoms with Crippen molar-refractivity contribution in [2.75, 3.05) is 13.6 Å². The largest absolute Gasteiger partial charge is 0.319 e. The van der Waals surface area contributed by atoms with Crippen LogP contribution in [-0.2, 0) is 5.41 Å². The Balaban J connectivity index is 2.61. The van der Waals surface area contributed by atoms with Gasteiger partial charge in [-0.05, 0) is 7.05 Å². The van der Waals surface area contributed by atoms with Crippen molar-refractivity contribution in [2.45, 2.75) is 19.3 Å². The SMILES string of the molecule is CNCC(C)(C)c1ncc(F)c2[nH]ncc12. The Kier molecular flexibility index (Phi) is 2.63. The van der Waals surface area contributed by atoms with Crippen molar-refractivity contribution >= 4 is 10.9 Å². The summed E-state index contributed by atoms with van der Waals surface area (Å²) in [5.41, 5.74) is 1.12. The predicted molar refractivity (Wildman–Crippen MR) is 60.8 cm³/mol. The van der Waals surface area contributed by atoms with E-state index in [-0.39, 0.29) is 11.2 Å². The molecule has 0 aliphatic rings. The third-order valence-electron chi connectivity index (χ3n) is 2.70. The lowest BCUT2D eigenvalue weighted by Gasteiger charge is -2.24. The minimum atomic E-state index is -0.364. The number of hydrogen-bond donors (Lipinski definition) is 2. The molecular formula is C11H15FN4. The number of nitrogens with zero attached hydrogens (tertiary/aromatic N) is 2. The number of halogens is 1. The zero-order valence-electron chi connectivity index (χ0n) is 9.63. The Morgan fingerprint density at radius 2 is 2.19 bits per heavy atom. The molecule has 0 spiro atoms. The highest BCUT2D eigenvalue weighted by molar-refractivity contribution is 5.81. The summed E-state index contributed by atoms with van der Waals surface area (Å²) in [5.74, 6) is -0.364. The van der Waals surface area contributed by atoms with Crippen LogP contribution in [-0.4, -0.2) is 28.8 Å². The molecule has 0 saturated carbocycles. The van der Waals surface area contributed by atoms with Crippen molar-refractivity contribution in [1.82, 2.24) is 20.5 Å². The number of rotatable bonds is 3. The summed E-state index contributed by atoms with van der Waals surface area (Å²) in [6.07, 6.45) is 2.87. The van der Waals surface area contributed by atoms with Crippen molar-refractivity contribution < 1.29 is 4.39 Å². The standard InChI is InChI=1S/C11H15FN4/c1-11(2,6-13-3)10-7-4-15-16-9(7)8(12)5-14-10/h4-5,13H,6H2,1-3H3,(H,15,16). The predicted octanol–water partition coefficient (Wildman–Crippen LogP) is 1.59. The number of nitrogens with one attached hydrogen (secondary N) is 2. The summed E-state index contributed by atoms with van der Waals surface area (Å²) in [5, 5.41) is 10.4. The summed E-state index contributed by atoms with van der Waals surface area (Å²) in [6, 6.07) is 0. The highest BCUT2D eigenvalue weighted by Gasteiger charge is 2.25. The molecule has 0 fully saturated rings. The molecule has 5 heteroatoms. The van der Waals surface area contributed by atoms with Crippen LogP contribution >= 0.6 is 0 Å². The van der Waals surface area contributed by atoms with Gasteiger partial charge in [0.15, 0.2) is 5.82 Å². The van der Waals surface area contributed by atoms with E-state index in [0.29, 0.717) is 5.52 Å². The lowest BCUT2D eigenvalue weighted by atomic mass is 9.87. The minimum absolute atomic E-state index is 0.162. The second-order valence-corrected chi connectivity index (χ2v) is 4.53. The highest BCUT2D eigenvalue weighted by Crippen LogP contribution is 2.27. The zero-order valence-corrected chi connectivity index (χ0v) is 9.63. The molecule has 0 atom stereocenters. The van der Waals surface area contributed by atoms with Gasteiger partial charge in [-0.25, -0.2) is 4.39 Å². The lowest BCUT2D eigenvalue weighted by molar-refractivity contribution is 0.483. The van der Waals surface area contributed by atoms with E-state index in [2.05, 4.69) is 34.3 Å². The first-order chi connectivity index (χ1) is 7.56. The summed E-state index contributed by atoms with van der Waals surface area (Å²) in [6.45, 7) is 4.90. The molecule has 4 nitrogen and oxygen atoms in total. The molecule has 0 unspecified atom stereocenters.